The number of carbonyl (C=O) groups is 1. The molecule has 0 saturated heterocycles. The predicted molar refractivity (Wildman–Crippen MR) is 77.4 cm³/mol. The number of carbonyl (C=O) groups excluding carboxylic acids is 1. The molecule has 0 spiro atoms. The summed E-state index contributed by atoms with van der Waals surface area (Å²) in [5.41, 5.74) is 11.6. The molecular weight excluding hydrogens is 240 g/mol. The Morgan fingerprint density at radius 3 is 2.63 bits per heavy atom. The van der Waals surface area contributed by atoms with E-state index in [1.54, 1.807) is 0 Å². The molecular formula is C14H22N4O. The van der Waals surface area contributed by atoms with Gasteiger partial charge >= 0.3 is 0 Å². The molecule has 0 aliphatic carbocycles. The molecule has 0 saturated carbocycles. The van der Waals surface area contributed by atoms with Gasteiger partial charge in [-0.15, -0.1) is 0 Å². The standard InChI is InChI=1S/C14H22N4O/c1-11(6-5-9-17-14(15)16)13(19)18-10-12-7-3-2-4-8-12/h2-4,7-8,11H,5-6,9-10H2,1H3,(H,18,19)(H4,15,16,17)/t11-/m1/s1. The molecule has 1 rings (SSSR count). The van der Waals surface area contributed by atoms with E-state index in [4.69, 9.17) is 11.5 Å². The van der Waals surface area contributed by atoms with Crippen molar-refractivity contribution in [2.75, 3.05) is 6.54 Å². The number of benzene rings is 1. The molecule has 1 aromatic rings. The molecule has 1 amide bonds. The molecule has 5 heteroatoms. The second-order valence-corrected chi connectivity index (χ2v) is 4.55. The minimum Gasteiger partial charge on any atom is -0.370 e. The molecule has 0 aliphatic heterocycles. The Morgan fingerprint density at radius 1 is 1.32 bits per heavy atom. The van der Waals surface area contributed by atoms with Crippen LogP contribution in [0.1, 0.15) is 25.3 Å². The van der Waals surface area contributed by atoms with Gasteiger partial charge in [0.25, 0.3) is 0 Å². The predicted octanol–water partition coefficient (Wildman–Crippen LogP) is 0.993. The number of nitrogens with zero attached hydrogens (tertiary/aromatic N) is 1. The van der Waals surface area contributed by atoms with Crippen LogP contribution in [0.25, 0.3) is 0 Å². The number of hydrogen-bond acceptors (Lipinski definition) is 2. The van der Waals surface area contributed by atoms with Crippen molar-refractivity contribution in [2.24, 2.45) is 22.4 Å². The maximum absolute atomic E-state index is 11.8. The summed E-state index contributed by atoms with van der Waals surface area (Å²) in [5, 5.41) is 2.92. The Bertz CT molecular complexity index is 413. The van der Waals surface area contributed by atoms with Gasteiger partial charge in [-0.2, -0.15) is 0 Å². The summed E-state index contributed by atoms with van der Waals surface area (Å²) in [6.45, 7) is 3.05. The van der Waals surface area contributed by atoms with E-state index in [0.717, 1.165) is 18.4 Å². The molecule has 104 valence electrons. The summed E-state index contributed by atoms with van der Waals surface area (Å²) < 4.78 is 0. The van der Waals surface area contributed by atoms with Crippen LogP contribution < -0.4 is 16.8 Å². The fraction of sp³-hybridized carbons (Fsp3) is 0.429. The van der Waals surface area contributed by atoms with Crippen molar-refractivity contribution in [2.45, 2.75) is 26.3 Å². The van der Waals surface area contributed by atoms with Gasteiger partial charge in [0.05, 0.1) is 0 Å². The van der Waals surface area contributed by atoms with Crippen molar-refractivity contribution >= 4 is 11.9 Å². The van der Waals surface area contributed by atoms with Crippen molar-refractivity contribution < 1.29 is 4.79 Å². The van der Waals surface area contributed by atoms with Gasteiger partial charge in [-0.25, -0.2) is 0 Å². The average molecular weight is 262 g/mol. The summed E-state index contributed by atoms with van der Waals surface area (Å²) >= 11 is 0. The SMILES string of the molecule is C[C@H](CCCN=C(N)N)C(=O)NCc1ccccc1. The maximum Gasteiger partial charge on any atom is 0.223 e. The van der Waals surface area contributed by atoms with E-state index in [9.17, 15) is 4.79 Å². The lowest BCUT2D eigenvalue weighted by molar-refractivity contribution is -0.124. The Kier molecular flexibility index (Phi) is 6.43. The molecule has 0 fully saturated rings. The first-order valence-corrected chi connectivity index (χ1v) is 6.46. The minimum absolute atomic E-state index is 0.0297. The van der Waals surface area contributed by atoms with Crippen LogP contribution in [-0.2, 0) is 11.3 Å². The second kappa shape index (κ2) is 8.13. The average Bonchev–Trinajstić information content (AvgIpc) is 2.41. The van der Waals surface area contributed by atoms with E-state index in [1.807, 2.05) is 37.3 Å². The van der Waals surface area contributed by atoms with Crippen LogP contribution in [0, 0.1) is 5.92 Å². The second-order valence-electron chi connectivity index (χ2n) is 4.55. The normalized spacial score (nSPS) is 11.6. The molecule has 0 unspecified atom stereocenters. The first-order valence-electron chi connectivity index (χ1n) is 6.46. The highest BCUT2D eigenvalue weighted by Crippen LogP contribution is 2.06. The Balaban J connectivity index is 2.23. The van der Waals surface area contributed by atoms with Gasteiger partial charge < -0.3 is 16.8 Å². The number of amides is 1. The van der Waals surface area contributed by atoms with Crippen LogP contribution in [-0.4, -0.2) is 18.4 Å². The monoisotopic (exact) mass is 262 g/mol. The third-order valence-corrected chi connectivity index (χ3v) is 2.85. The fourth-order valence-electron chi connectivity index (χ4n) is 1.70. The first kappa shape index (κ1) is 15.0. The van der Waals surface area contributed by atoms with E-state index in [-0.39, 0.29) is 17.8 Å². The number of hydrogen-bond donors (Lipinski definition) is 3. The van der Waals surface area contributed by atoms with Crippen LogP contribution in [0.2, 0.25) is 0 Å². The lowest BCUT2D eigenvalue weighted by Gasteiger charge is -2.11. The number of guanidine groups is 1. The molecule has 1 atom stereocenters. The van der Waals surface area contributed by atoms with Crippen molar-refractivity contribution in [3.63, 3.8) is 0 Å². The molecule has 0 aliphatic rings. The third kappa shape index (κ3) is 6.45. The summed E-state index contributed by atoms with van der Waals surface area (Å²) in [6, 6.07) is 9.85. The molecule has 5 nitrogen and oxygen atoms in total. The third-order valence-electron chi connectivity index (χ3n) is 2.85. The van der Waals surface area contributed by atoms with Gasteiger partial charge in [0.1, 0.15) is 0 Å². The van der Waals surface area contributed by atoms with Crippen molar-refractivity contribution in [3.8, 4) is 0 Å². The zero-order valence-electron chi connectivity index (χ0n) is 11.3. The highest BCUT2D eigenvalue weighted by molar-refractivity contribution is 5.78. The smallest absolute Gasteiger partial charge is 0.223 e. The van der Waals surface area contributed by atoms with Crippen LogP contribution in [0.5, 0.6) is 0 Å². The van der Waals surface area contributed by atoms with Crippen LogP contribution in [0.4, 0.5) is 0 Å². The maximum atomic E-state index is 11.8. The topological polar surface area (TPSA) is 93.5 Å². The van der Waals surface area contributed by atoms with Crippen molar-refractivity contribution in [1.29, 1.82) is 0 Å². The minimum atomic E-state index is -0.0297. The van der Waals surface area contributed by atoms with E-state index in [2.05, 4.69) is 10.3 Å². The number of nitrogens with two attached hydrogens (primary N) is 2. The highest BCUT2D eigenvalue weighted by atomic mass is 16.1. The van der Waals surface area contributed by atoms with Crippen molar-refractivity contribution in [1.82, 2.24) is 5.32 Å². The highest BCUT2D eigenvalue weighted by Gasteiger charge is 2.11. The molecule has 1 aromatic carbocycles. The van der Waals surface area contributed by atoms with E-state index in [1.165, 1.54) is 0 Å². The largest absolute Gasteiger partial charge is 0.370 e. The summed E-state index contributed by atoms with van der Waals surface area (Å²) in [6.07, 6.45) is 1.58. The van der Waals surface area contributed by atoms with E-state index in [0.29, 0.717) is 13.1 Å². The van der Waals surface area contributed by atoms with Gasteiger partial charge in [0.15, 0.2) is 5.96 Å². The number of nitrogens with one attached hydrogen (secondary N) is 1. The number of rotatable bonds is 7. The van der Waals surface area contributed by atoms with Gasteiger partial charge in [-0.1, -0.05) is 37.3 Å². The lowest BCUT2D eigenvalue weighted by Crippen LogP contribution is -2.29. The van der Waals surface area contributed by atoms with Crippen LogP contribution in [0.15, 0.2) is 35.3 Å². The van der Waals surface area contributed by atoms with Gasteiger partial charge in [-0.3, -0.25) is 9.79 Å². The summed E-state index contributed by atoms with van der Waals surface area (Å²) in [4.78, 5) is 15.7. The van der Waals surface area contributed by atoms with Gasteiger partial charge in [-0.05, 0) is 18.4 Å². The lowest BCUT2D eigenvalue weighted by atomic mass is 10.0. The van der Waals surface area contributed by atoms with E-state index < -0.39 is 0 Å². The quantitative estimate of drug-likeness (QED) is 0.388. The fourth-order valence-corrected chi connectivity index (χ4v) is 1.70. The Morgan fingerprint density at radius 2 is 2.00 bits per heavy atom. The Hall–Kier alpha value is -2.04. The van der Waals surface area contributed by atoms with Crippen LogP contribution in [0.3, 0.4) is 0 Å². The molecule has 0 aromatic heterocycles. The van der Waals surface area contributed by atoms with Crippen LogP contribution >= 0.6 is 0 Å². The molecule has 19 heavy (non-hydrogen) atoms. The summed E-state index contributed by atoms with van der Waals surface area (Å²) in [5.74, 6) is 0.132. The Labute approximate surface area is 114 Å². The molecule has 5 N–H and O–H groups in total. The van der Waals surface area contributed by atoms with E-state index >= 15 is 0 Å². The summed E-state index contributed by atoms with van der Waals surface area (Å²) in [7, 11) is 0. The van der Waals surface area contributed by atoms with Gasteiger partial charge in [0.2, 0.25) is 5.91 Å². The van der Waals surface area contributed by atoms with Crippen molar-refractivity contribution in [3.05, 3.63) is 35.9 Å². The molecule has 0 radical (unpaired) electrons. The molecule has 0 heterocycles. The molecule has 0 bridgehead atoms. The zero-order valence-corrected chi connectivity index (χ0v) is 11.3. The van der Waals surface area contributed by atoms with Gasteiger partial charge in [0, 0.05) is 19.0 Å². The number of aliphatic imine (C=N–C) groups is 1. The zero-order chi connectivity index (χ0) is 14.1. The first-order chi connectivity index (χ1) is 9.09.